The lowest BCUT2D eigenvalue weighted by molar-refractivity contribution is -0.115. The lowest BCUT2D eigenvalue weighted by atomic mass is 10.1. The number of aromatic nitrogens is 1. The summed E-state index contributed by atoms with van der Waals surface area (Å²) in [6.45, 7) is 1.46. The van der Waals surface area contributed by atoms with E-state index in [2.05, 4.69) is 10.3 Å². The number of nitrogens with one attached hydrogen (secondary N) is 1. The van der Waals surface area contributed by atoms with Gasteiger partial charge in [0.1, 0.15) is 0 Å². The van der Waals surface area contributed by atoms with E-state index in [-0.39, 0.29) is 17.6 Å². The van der Waals surface area contributed by atoms with Crippen LogP contribution < -0.4 is 11.1 Å². The summed E-state index contributed by atoms with van der Waals surface area (Å²) < 4.78 is 1.63. The van der Waals surface area contributed by atoms with Crippen molar-refractivity contribution in [2.75, 3.05) is 24.2 Å². The van der Waals surface area contributed by atoms with Crippen LogP contribution in [0.4, 0.5) is 5.69 Å². The number of primary amides is 1. The highest BCUT2D eigenvalue weighted by Crippen LogP contribution is 2.31. The standard InChI is InChI=1S/C21H20N4O3S2/c22-18(26)12-29-21-24-16-8-7-13(11-17(16)30-21)23-19(27)14-5-1-2-6-15(14)20(28)25-9-3-4-10-25/h1-2,5-8,11H,3-4,9-10,12H2,(H2,22,26)(H,23,27). The molecule has 0 radical (unpaired) electrons. The van der Waals surface area contributed by atoms with Gasteiger partial charge in [-0.2, -0.15) is 0 Å². The zero-order chi connectivity index (χ0) is 21.1. The molecule has 1 aliphatic rings. The predicted molar refractivity (Wildman–Crippen MR) is 119 cm³/mol. The molecule has 1 aromatic heterocycles. The normalized spacial score (nSPS) is 13.5. The van der Waals surface area contributed by atoms with Gasteiger partial charge in [-0.3, -0.25) is 14.4 Å². The van der Waals surface area contributed by atoms with Crippen molar-refractivity contribution in [2.45, 2.75) is 17.2 Å². The monoisotopic (exact) mass is 440 g/mol. The van der Waals surface area contributed by atoms with Crippen molar-refractivity contribution in [3.05, 3.63) is 53.6 Å². The molecule has 7 nitrogen and oxygen atoms in total. The second-order valence-corrected chi connectivity index (χ2v) is 9.17. The van der Waals surface area contributed by atoms with Gasteiger partial charge in [0.15, 0.2) is 4.34 Å². The average Bonchev–Trinajstić information content (AvgIpc) is 3.41. The Morgan fingerprint density at radius 3 is 2.57 bits per heavy atom. The summed E-state index contributed by atoms with van der Waals surface area (Å²) in [6.07, 6.45) is 1.99. The van der Waals surface area contributed by atoms with E-state index in [9.17, 15) is 14.4 Å². The van der Waals surface area contributed by atoms with Gasteiger partial charge < -0.3 is 16.0 Å². The van der Waals surface area contributed by atoms with E-state index < -0.39 is 5.91 Å². The van der Waals surface area contributed by atoms with Crippen LogP contribution >= 0.6 is 23.1 Å². The minimum Gasteiger partial charge on any atom is -0.369 e. The minimum absolute atomic E-state index is 0.104. The molecule has 30 heavy (non-hydrogen) atoms. The zero-order valence-corrected chi connectivity index (χ0v) is 17.7. The number of nitrogens with zero attached hydrogens (tertiary/aromatic N) is 2. The Hall–Kier alpha value is -2.91. The van der Waals surface area contributed by atoms with E-state index >= 15 is 0 Å². The summed E-state index contributed by atoms with van der Waals surface area (Å²) >= 11 is 2.72. The van der Waals surface area contributed by atoms with Crippen LogP contribution in [0.2, 0.25) is 0 Å². The Morgan fingerprint density at radius 2 is 1.83 bits per heavy atom. The Morgan fingerprint density at radius 1 is 1.10 bits per heavy atom. The lowest BCUT2D eigenvalue weighted by Gasteiger charge is -2.17. The first-order valence-electron chi connectivity index (χ1n) is 9.52. The van der Waals surface area contributed by atoms with Gasteiger partial charge in [0.05, 0.1) is 27.1 Å². The van der Waals surface area contributed by atoms with E-state index in [1.54, 1.807) is 35.2 Å². The first-order valence-corrected chi connectivity index (χ1v) is 11.3. The summed E-state index contributed by atoms with van der Waals surface area (Å²) in [5.74, 6) is -0.655. The summed E-state index contributed by atoms with van der Waals surface area (Å²) in [5, 5.41) is 2.88. The average molecular weight is 441 g/mol. The molecule has 0 saturated carbocycles. The third-order valence-electron chi connectivity index (χ3n) is 4.76. The van der Waals surface area contributed by atoms with Gasteiger partial charge in [-0.05, 0) is 43.2 Å². The molecule has 1 fully saturated rings. The highest BCUT2D eigenvalue weighted by Gasteiger charge is 2.24. The molecular weight excluding hydrogens is 420 g/mol. The van der Waals surface area contributed by atoms with Gasteiger partial charge in [0, 0.05) is 18.8 Å². The van der Waals surface area contributed by atoms with E-state index in [0.717, 1.165) is 40.5 Å². The maximum atomic E-state index is 12.9. The first kappa shape index (κ1) is 20.4. The quantitative estimate of drug-likeness (QED) is 0.572. The van der Waals surface area contributed by atoms with Gasteiger partial charge in [0.2, 0.25) is 5.91 Å². The topological polar surface area (TPSA) is 105 Å². The molecule has 0 aliphatic carbocycles. The first-order chi connectivity index (χ1) is 14.5. The highest BCUT2D eigenvalue weighted by atomic mass is 32.2. The summed E-state index contributed by atoms with van der Waals surface area (Å²) in [7, 11) is 0. The zero-order valence-electron chi connectivity index (χ0n) is 16.1. The van der Waals surface area contributed by atoms with Crippen LogP contribution in [0.3, 0.4) is 0 Å². The Bertz CT molecular complexity index is 1120. The van der Waals surface area contributed by atoms with Crippen LogP contribution in [0.5, 0.6) is 0 Å². The Labute approximate surface area is 181 Å². The third-order valence-corrected chi connectivity index (χ3v) is 6.94. The van der Waals surface area contributed by atoms with Gasteiger partial charge in [-0.1, -0.05) is 23.9 Å². The van der Waals surface area contributed by atoms with Crippen LogP contribution in [-0.2, 0) is 4.79 Å². The minimum atomic E-state index is -0.394. The van der Waals surface area contributed by atoms with Crippen LogP contribution in [0.25, 0.3) is 10.2 Å². The van der Waals surface area contributed by atoms with E-state index in [1.165, 1.54) is 23.1 Å². The SMILES string of the molecule is NC(=O)CSc1nc2ccc(NC(=O)c3ccccc3C(=O)N3CCCC3)cc2s1. The molecular formula is C21H20N4O3S2. The van der Waals surface area contributed by atoms with Gasteiger partial charge >= 0.3 is 0 Å². The lowest BCUT2D eigenvalue weighted by Crippen LogP contribution is -2.29. The number of rotatable bonds is 6. The van der Waals surface area contributed by atoms with Crippen LogP contribution in [0, 0.1) is 0 Å². The molecule has 2 heterocycles. The molecule has 1 aliphatic heterocycles. The second kappa shape index (κ2) is 8.85. The molecule has 3 amide bonds. The van der Waals surface area contributed by atoms with Crippen LogP contribution in [0.1, 0.15) is 33.6 Å². The van der Waals surface area contributed by atoms with E-state index in [1.807, 2.05) is 12.1 Å². The molecule has 2 aromatic carbocycles. The molecule has 3 aromatic rings. The molecule has 0 atom stereocenters. The number of benzene rings is 2. The van der Waals surface area contributed by atoms with Crippen molar-refractivity contribution < 1.29 is 14.4 Å². The van der Waals surface area contributed by atoms with E-state index in [0.29, 0.717) is 16.8 Å². The fourth-order valence-electron chi connectivity index (χ4n) is 3.33. The van der Waals surface area contributed by atoms with Gasteiger partial charge in [-0.25, -0.2) is 4.98 Å². The molecule has 0 bridgehead atoms. The number of amides is 3. The highest BCUT2D eigenvalue weighted by molar-refractivity contribution is 8.01. The molecule has 0 spiro atoms. The van der Waals surface area contributed by atoms with Crippen molar-refractivity contribution in [3.8, 4) is 0 Å². The smallest absolute Gasteiger partial charge is 0.256 e. The molecule has 4 rings (SSSR count). The van der Waals surface area contributed by atoms with Crippen molar-refractivity contribution in [2.24, 2.45) is 5.73 Å². The molecule has 9 heteroatoms. The summed E-state index contributed by atoms with van der Waals surface area (Å²) in [5.41, 5.74) is 7.36. The van der Waals surface area contributed by atoms with Crippen LogP contribution in [0.15, 0.2) is 46.8 Å². The number of nitrogens with two attached hydrogens (primary N) is 1. The Kier molecular flexibility index (Phi) is 6.01. The predicted octanol–water partition coefficient (Wildman–Crippen LogP) is 3.36. The number of anilines is 1. The number of thioether (sulfide) groups is 1. The summed E-state index contributed by atoms with van der Waals surface area (Å²) in [4.78, 5) is 42.9. The second-order valence-electron chi connectivity index (χ2n) is 6.92. The van der Waals surface area contributed by atoms with Crippen molar-refractivity contribution in [1.82, 2.24) is 9.88 Å². The van der Waals surface area contributed by atoms with Gasteiger partial charge in [0.25, 0.3) is 11.8 Å². The number of hydrogen-bond acceptors (Lipinski definition) is 6. The Balaban J connectivity index is 1.53. The number of carbonyl (C=O) groups is 3. The summed E-state index contributed by atoms with van der Waals surface area (Å²) in [6, 6.07) is 12.3. The molecule has 0 unspecified atom stereocenters. The van der Waals surface area contributed by atoms with Crippen molar-refractivity contribution in [1.29, 1.82) is 0 Å². The van der Waals surface area contributed by atoms with Gasteiger partial charge in [-0.15, -0.1) is 11.3 Å². The fourth-order valence-corrected chi connectivity index (χ4v) is 5.18. The van der Waals surface area contributed by atoms with Crippen LogP contribution in [-0.4, -0.2) is 46.4 Å². The number of thiazole rings is 1. The fraction of sp³-hybridized carbons (Fsp3) is 0.238. The molecule has 3 N–H and O–H groups in total. The van der Waals surface area contributed by atoms with Crippen molar-refractivity contribution in [3.63, 3.8) is 0 Å². The maximum Gasteiger partial charge on any atom is 0.256 e. The third kappa shape index (κ3) is 4.47. The number of carbonyl (C=O) groups excluding carboxylic acids is 3. The van der Waals surface area contributed by atoms with E-state index in [4.69, 9.17) is 5.73 Å². The van der Waals surface area contributed by atoms with Crippen molar-refractivity contribution >= 4 is 56.7 Å². The maximum absolute atomic E-state index is 12.9. The molecule has 1 saturated heterocycles. The largest absolute Gasteiger partial charge is 0.369 e. The number of likely N-dealkylation sites (tertiary alicyclic amines) is 1. The number of fused-ring (bicyclic) bond motifs is 1. The molecule has 154 valence electrons. The number of hydrogen-bond donors (Lipinski definition) is 2.